The summed E-state index contributed by atoms with van der Waals surface area (Å²) in [5.41, 5.74) is 0.691. The Labute approximate surface area is 163 Å². The highest BCUT2D eigenvalue weighted by molar-refractivity contribution is 9.10. The zero-order valence-corrected chi connectivity index (χ0v) is 16.8. The van der Waals surface area contributed by atoms with Crippen LogP contribution in [0.3, 0.4) is 0 Å². The van der Waals surface area contributed by atoms with E-state index in [-0.39, 0.29) is 24.0 Å². The number of phenols is 1. The van der Waals surface area contributed by atoms with E-state index >= 15 is 0 Å². The molecule has 25 heavy (non-hydrogen) atoms. The number of rotatable bonds is 6. The van der Waals surface area contributed by atoms with Crippen LogP contribution in [0, 0.1) is 0 Å². The smallest absolute Gasteiger partial charge is 0.305 e. The maximum atomic E-state index is 12.5. The van der Waals surface area contributed by atoms with Crippen molar-refractivity contribution in [3.05, 3.63) is 27.1 Å². The second-order valence-corrected chi connectivity index (χ2v) is 7.60. The molecule has 1 aromatic rings. The minimum absolute atomic E-state index is 0.00462. The lowest BCUT2D eigenvalue weighted by Crippen LogP contribution is -2.29. The Bertz CT molecular complexity index is 750. The van der Waals surface area contributed by atoms with Crippen molar-refractivity contribution in [3.8, 4) is 11.5 Å². The van der Waals surface area contributed by atoms with Crippen LogP contribution in [0.5, 0.6) is 11.5 Å². The summed E-state index contributed by atoms with van der Waals surface area (Å²) in [6.45, 7) is 0.361. The second-order valence-electron chi connectivity index (χ2n) is 5.07. The summed E-state index contributed by atoms with van der Waals surface area (Å²) < 4.78 is 10.6. The number of carbonyl (C=O) groups is 2. The number of benzene rings is 1. The van der Waals surface area contributed by atoms with Gasteiger partial charge in [0.1, 0.15) is 4.32 Å². The van der Waals surface area contributed by atoms with E-state index < -0.39 is 0 Å². The van der Waals surface area contributed by atoms with Gasteiger partial charge in [-0.25, -0.2) is 0 Å². The Morgan fingerprint density at radius 2 is 2.16 bits per heavy atom. The van der Waals surface area contributed by atoms with Gasteiger partial charge in [-0.1, -0.05) is 24.0 Å². The SMILES string of the molecule is COC(=O)CCCN1C(=O)/C(=C/c2cc(Br)c(O)c(OC)c2)SC1=S. The normalized spacial score (nSPS) is 15.8. The lowest BCUT2D eigenvalue weighted by Gasteiger charge is -2.13. The zero-order valence-electron chi connectivity index (χ0n) is 13.6. The molecule has 1 heterocycles. The molecule has 0 aromatic heterocycles. The van der Waals surface area contributed by atoms with Crippen LogP contribution >= 0.6 is 39.9 Å². The van der Waals surface area contributed by atoms with Crippen molar-refractivity contribution in [3.63, 3.8) is 0 Å². The van der Waals surface area contributed by atoms with Gasteiger partial charge >= 0.3 is 5.97 Å². The molecule has 1 saturated heterocycles. The van der Waals surface area contributed by atoms with Crippen molar-refractivity contribution < 1.29 is 24.2 Å². The van der Waals surface area contributed by atoms with Gasteiger partial charge in [-0.05, 0) is 46.1 Å². The number of amides is 1. The number of aromatic hydroxyl groups is 1. The molecule has 0 aliphatic carbocycles. The predicted molar refractivity (Wildman–Crippen MR) is 103 cm³/mol. The summed E-state index contributed by atoms with van der Waals surface area (Å²) in [7, 11) is 2.78. The highest BCUT2D eigenvalue weighted by Crippen LogP contribution is 2.38. The summed E-state index contributed by atoms with van der Waals surface area (Å²) >= 11 is 9.70. The predicted octanol–water partition coefficient (Wildman–Crippen LogP) is 3.32. The standard InChI is InChI=1S/C16H16BrNO5S2/c1-22-11-7-9(6-10(17)14(11)20)8-12-15(21)18(16(24)25-12)5-3-4-13(19)23-2/h6-8,20H,3-5H2,1-2H3/b12-8-. The van der Waals surface area contributed by atoms with E-state index in [2.05, 4.69) is 20.7 Å². The molecule has 0 spiro atoms. The molecule has 0 saturated carbocycles. The second kappa shape index (κ2) is 8.68. The Morgan fingerprint density at radius 1 is 1.44 bits per heavy atom. The first kappa shape index (κ1) is 19.7. The fourth-order valence-corrected chi connectivity index (χ4v) is 3.93. The van der Waals surface area contributed by atoms with Crippen LogP contribution in [0.2, 0.25) is 0 Å². The summed E-state index contributed by atoms with van der Waals surface area (Å²) in [6, 6.07) is 3.31. The van der Waals surface area contributed by atoms with Crippen LogP contribution in [-0.2, 0) is 14.3 Å². The number of nitrogens with zero attached hydrogens (tertiary/aromatic N) is 1. The largest absolute Gasteiger partial charge is 0.503 e. The quantitative estimate of drug-likeness (QED) is 0.408. The molecular formula is C16H16BrNO5S2. The fraction of sp³-hybridized carbons (Fsp3) is 0.312. The Morgan fingerprint density at radius 3 is 2.80 bits per heavy atom. The number of phenolic OH excluding ortho intramolecular Hbond substituents is 1. The average molecular weight is 446 g/mol. The number of thiocarbonyl (C=S) groups is 1. The zero-order chi connectivity index (χ0) is 18.6. The van der Waals surface area contributed by atoms with Crippen molar-refractivity contribution in [2.24, 2.45) is 0 Å². The third-order valence-electron chi connectivity index (χ3n) is 3.43. The van der Waals surface area contributed by atoms with Crippen molar-refractivity contribution >= 4 is 62.2 Å². The van der Waals surface area contributed by atoms with Crippen LogP contribution < -0.4 is 4.74 Å². The number of esters is 1. The van der Waals surface area contributed by atoms with Gasteiger partial charge in [-0.3, -0.25) is 14.5 Å². The molecule has 9 heteroatoms. The van der Waals surface area contributed by atoms with Crippen LogP contribution in [0.15, 0.2) is 21.5 Å². The summed E-state index contributed by atoms with van der Waals surface area (Å²) in [5.74, 6) is -0.228. The van der Waals surface area contributed by atoms with Crippen LogP contribution in [0.4, 0.5) is 0 Å². The number of ether oxygens (including phenoxy) is 2. The molecular weight excluding hydrogens is 430 g/mol. The molecule has 134 valence electrons. The van der Waals surface area contributed by atoms with Gasteiger partial charge in [0.05, 0.1) is 23.6 Å². The Balaban J connectivity index is 2.14. The molecule has 1 aliphatic heterocycles. The van der Waals surface area contributed by atoms with E-state index in [0.717, 1.165) is 0 Å². The summed E-state index contributed by atoms with van der Waals surface area (Å²) in [4.78, 5) is 25.6. The number of hydrogen-bond acceptors (Lipinski definition) is 7. The van der Waals surface area contributed by atoms with Crippen molar-refractivity contribution in [1.29, 1.82) is 0 Å². The van der Waals surface area contributed by atoms with E-state index in [4.69, 9.17) is 17.0 Å². The number of thioether (sulfide) groups is 1. The highest BCUT2D eigenvalue weighted by Gasteiger charge is 2.31. The first-order valence-electron chi connectivity index (χ1n) is 7.26. The summed E-state index contributed by atoms with van der Waals surface area (Å²) in [5, 5.41) is 9.85. The first-order valence-corrected chi connectivity index (χ1v) is 9.27. The fourth-order valence-electron chi connectivity index (χ4n) is 2.16. The van der Waals surface area contributed by atoms with Crippen LogP contribution in [-0.4, -0.2) is 47.0 Å². The molecule has 0 bridgehead atoms. The Hall–Kier alpha value is -1.58. The van der Waals surface area contributed by atoms with Crippen molar-refractivity contribution in [1.82, 2.24) is 4.90 Å². The molecule has 0 radical (unpaired) electrons. The van der Waals surface area contributed by atoms with E-state index in [9.17, 15) is 14.7 Å². The van der Waals surface area contributed by atoms with Gasteiger partial charge in [0, 0.05) is 13.0 Å². The van der Waals surface area contributed by atoms with Crippen molar-refractivity contribution in [2.45, 2.75) is 12.8 Å². The van der Waals surface area contributed by atoms with E-state index in [1.165, 1.54) is 30.9 Å². The number of hydrogen-bond donors (Lipinski definition) is 1. The first-order chi connectivity index (χ1) is 11.9. The molecule has 1 N–H and O–H groups in total. The number of methoxy groups -OCH3 is 2. The lowest BCUT2D eigenvalue weighted by atomic mass is 10.2. The maximum absolute atomic E-state index is 12.5. The molecule has 1 aromatic carbocycles. The van der Waals surface area contributed by atoms with Gasteiger partial charge in [-0.15, -0.1) is 0 Å². The highest BCUT2D eigenvalue weighted by atomic mass is 79.9. The molecule has 6 nitrogen and oxygen atoms in total. The van der Waals surface area contributed by atoms with Gasteiger partial charge < -0.3 is 14.6 Å². The molecule has 1 fully saturated rings. The van der Waals surface area contributed by atoms with Gasteiger partial charge in [0.25, 0.3) is 5.91 Å². The maximum Gasteiger partial charge on any atom is 0.305 e. The number of halogens is 1. The monoisotopic (exact) mass is 445 g/mol. The van der Waals surface area contributed by atoms with E-state index in [1.807, 2.05) is 0 Å². The molecule has 2 rings (SSSR count). The van der Waals surface area contributed by atoms with Gasteiger partial charge in [0.15, 0.2) is 11.5 Å². The van der Waals surface area contributed by atoms with Gasteiger partial charge in [-0.2, -0.15) is 0 Å². The third kappa shape index (κ3) is 4.74. The number of carbonyl (C=O) groups excluding carboxylic acids is 2. The van der Waals surface area contributed by atoms with Gasteiger partial charge in [0.2, 0.25) is 0 Å². The topological polar surface area (TPSA) is 76.1 Å². The minimum atomic E-state index is -0.318. The van der Waals surface area contributed by atoms with Crippen LogP contribution in [0.25, 0.3) is 6.08 Å². The third-order valence-corrected chi connectivity index (χ3v) is 5.41. The van der Waals surface area contributed by atoms with E-state index in [1.54, 1.807) is 18.2 Å². The Kier molecular flexibility index (Phi) is 6.86. The molecule has 1 aliphatic rings. The van der Waals surface area contributed by atoms with E-state index in [0.29, 0.717) is 38.0 Å². The minimum Gasteiger partial charge on any atom is -0.503 e. The summed E-state index contributed by atoms with van der Waals surface area (Å²) in [6.07, 6.45) is 2.39. The molecule has 0 unspecified atom stereocenters. The van der Waals surface area contributed by atoms with Crippen molar-refractivity contribution in [2.75, 3.05) is 20.8 Å². The molecule has 1 amide bonds. The lowest BCUT2D eigenvalue weighted by molar-refractivity contribution is -0.141. The average Bonchev–Trinajstić information content (AvgIpc) is 2.84. The molecule has 0 atom stereocenters. The van der Waals surface area contributed by atoms with Crippen LogP contribution in [0.1, 0.15) is 18.4 Å².